The zero-order chi connectivity index (χ0) is 30.3. The van der Waals surface area contributed by atoms with E-state index in [1.165, 1.54) is 12.1 Å². The Bertz CT molecular complexity index is 2000. The third-order valence-corrected chi connectivity index (χ3v) is 9.83. The van der Waals surface area contributed by atoms with Crippen molar-refractivity contribution in [3.63, 3.8) is 0 Å². The van der Waals surface area contributed by atoms with Crippen LogP contribution in [0, 0.1) is 16.0 Å². The molecule has 0 saturated carbocycles. The van der Waals surface area contributed by atoms with Crippen LogP contribution in [-0.4, -0.2) is 13.3 Å². The smallest absolute Gasteiger partial charge is 0.269 e. The highest BCUT2D eigenvalue weighted by Crippen LogP contribution is 2.50. The summed E-state index contributed by atoms with van der Waals surface area (Å²) in [6.07, 6.45) is 5.25. The number of allylic oxidation sites excluding steroid dienone is 2. The fourth-order valence-corrected chi connectivity index (χ4v) is 7.35. The molecule has 0 fully saturated rings. The first-order valence-electron chi connectivity index (χ1n) is 14.4. The third kappa shape index (κ3) is 5.26. The molecule has 0 bridgehead atoms. The van der Waals surface area contributed by atoms with Gasteiger partial charge in [-0.1, -0.05) is 60.7 Å². The van der Waals surface area contributed by atoms with Crippen LogP contribution in [0.25, 0.3) is 10.8 Å². The summed E-state index contributed by atoms with van der Waals surface area (Å²) in [6.45, 7) is 0.307. The maximum Gasteiger partial charge on any atom is 0.269 e. The molecule has 220 valence electrons. The molecule has 0 unspecified atom stereocenters. The quantitative estimate of drug-likeness (QED) is 0.106. The lowest BCUT2D eigenvalue weighted by Gasteiger charge is -2.37. The Morgan fingerprint density at radius 1 is 0.909 bits per heavy atom. The molecule has 1 aliphatic heterocycles. The number of nitro benzene ring substituents is 1. The summed E-state index contributed by atoms with van der Waals surface area (Å²) in [5.74, 6) is 1.03. The van der Waals surface area contributed by atoms with Crippen molar-refractivity contribution in [3.8, 4) is 5.75 Å². The lowest BCUT2D eigenvalue weighted by molar-refractivity contribution is -0.384. The van der Waals surface area contributed by atoms with Crippen LogP contribution in [0.4, 0.5) is 17.1 Å². The normalized spacial score (nSPS) is 18.7. The minimum atomic E-state index is -3.81. The van der Waals surface area contributed by atoms with Crippen molar-refractivity contribution >= 4 is 37.9 Å². The Labute approximate surface area is 255 Å². The second kappa shape index (κ2) is 11.2. The Hall–Kier alpha value is -5.15. The van der Waals surface area contributed by atoms with Crippen molar-refractivity contribution in [2.24, 2.45) is 5.92 Å². The molecule has 0 amide bonds. The summed E-state index contributed by atoms with van der Waals surface area (Å²) in [7, 11) is -3.81. The standard InChI is InChI=1S/C35H29N3O5S/c39-38(40)26-15-11-23(12-16-26)22-43-27-17-13-25(14-18-27)35-31-9-4-8-30(31)32-21-28(19-20-33(32)36-35)44(41,42)37-34-10-3-6-24-5-1-2-7-29(24)34/h1-8,10-21,30-31,35-37H,9,22H2/t30-,31+,35+/m0/s1. The molecule has 0 spiro atoms. The number of hydrogen-bond donors (Lipinski definition) is 2. The molecular weight excluding hydrogens is 574 g/mol. The number of nitrogens with zero attached hydrogens (tertiary/aromatic N) is 1. The van der Waals surface area contributed by atoms with Gasteiger partial charge in [0.25, 0.3) is 15.7 Å². The monoisotopic (exact) mass is 603 g/mol. The van der Waals surface area contributed by atoms with Gasteiger partial charge in [0.05, 0.1) is 21.5 Å². The first kappa shape index (κ1) is 27.7. The Kier molecular flexibility index (Phi) is 7.02. The number of hydrogen-bond acceptors (Lipinski definition) is 6. The molecule has 3 atom stereocenters. The highest BCUT2D eigenvalue weighted by atomic mass is 32.2. The molecule has 1 heterocycles. The average molecular weight is 604 g/mol. The van der Waals surface area contributed by atoms with Gasteiger partial charge in [-0.05, 0) is 82.9 Å². The number of fused-ring (bicyclic) bond motifs is 4. The fourth-order valence-electron chi connectivity index (χ4n) is 6.24. The summed E-state index contributed by atoms with van der Waals surface area (Å²) in [5.41, 5.74) is 4.46. The lowest BCUT2D eigenvalue weighted by atomic mass is 9.77. The van der Waals surface area contributed by atoms with Crippen LogP contribution in [0.1, 0.15) is 35.1 Å². The number of non-ortho nitro benzene ring substituents is 1. The van der Waals surface area contributed by atoms with Gasteiger partial charge in [-0.25, -0.2) is 8.42 Å². The van der Waals surface area contributed by atoms with Gasteiger partial charge < -0.3 is 10.1 Å². The van der Waals surface area contributed by atoms with Gasteiger partial charge in [0, 0.05) is 29.1 Å². The van der Waals surface area contributed by atoms with E-state index < -0.39 is 14.9 Å². The number of nitro groups is 1. The van der Waals surface area contributed by atoms with Gasteiger partial charge in [0.15, 0.2) is 0 Å². The Morgan fingerprint density at radius 3 is 2.48 bits per heavy atom. The van der Waals surface area contributed by atoms with Gasteiger partial charge in [-0.2, -0.15) is 0 Å². The molecule has 5 aromatic rings. The molecule has 44 heavy (non-hydrogen) atoms. The third-order valence-electron chi connectivity index (χ3n) is 8.47. The number of anilines is 2. The number of sulfonamides is 1. The minimum Gasteiger partial charge on any atom is -0.489 e. The second-order valence-corrected chi connectivity index (χ2v) is 12.8. The summed E-state index contributed by atoms with van der Waals surface area (Å²) in [4.78, 5) is 10.7. The topological polar surface area (TPSA) is 111 Å². The van der Waals surface area contributed by atoms with E-state index in [2.05, 4.69) is 34.3 Å². The summed E-state index contributed by atoms with van der Waals surface area (Å²) < 4.78 is 35.8. The van der Waals surface area contributed by atoms with Crippen LogP contribution in [0.15, 0.2) is 126 Å². The first-order valence-corrected chi connectivity index (χ1v) is 15.9. The maximum atomic E-state index is 13.5. The fraction of sp³-hybridized carbons (Fsp3) is 0.143. The van der Waals surface area contributed by atoms with E-state index in [4.69, 9.17) is 4.74 Å². The van der Waals surface area contributed by atoms with Crippen LogP contribution in [0.5, 0.6) is 5.75 Å². The highest BCUT2D eigenvalue weighted by molar-refractivity contribution is 7.92. The molecule has 1 aliphatic carbocycles. The summed E-state index contributed by atoms with van der Waals surface area (Å²) in [6, 6.07) is 33.0. The van der Waals surface area contributed by atoms with Crippen LogP contribution in [-0.2, 0) is 16.6 Å². The van der Waals surface area contributed by atoms with Gasteiger partial charge in [-0.15, -0.1) is 0 Å². The van der Waals surface area contributed by atoms with Gasteiger partial charge in [-0.3, -0.25) is 14.8 Å². The molecule has 5 aromatic carbocycles. The number of nitrogens with one attached hydrogen (secondary N) is 2. The van der Waals surface area contributed by atoms with Gasteiger partial charge in [0.1, 0.15) is 12.4 Å². The molecule has 0 aromatic heterocycles. The van der Waals surface area contributed by atoms with Crippen molar-refractivity contribution in [2.75, 3.05) is 10.0 Å². The SMILES string of the molecule is O=[N+]([O-])c1ccc(COc2ccc([C@H]3Nc4ccc(S(=O)(=O)Nc5cccc6ccccc56)cc4[C@H]4C=CC[C@H]43)cc2)cc1. The number of ether oxygens (including phenoxy) is 1. The van der Waals surface area contributed by atoms with E-state index in [0.29, 0.717) is 18.0 Å². The summed E-state index contributed by atoms with van der Waals surface area (Å²) >= 11 is 0. The largest absolute Gasteiger partial charge is 0.489 e. The number of rotatable bonds is 8. The lowest BCUT2D eigenvalue weighted by Crippen LogP contribution is -2.29. The summed E-state index contributed by atoms with van der Waals surface area (Å²) in [5, 5.41) is 16.4. The molecule has 7 rings (SSSR count). The zero-order valence-corrected chi connectivity index (χ0v) is 24.4. The van der Waals surface area contributed by atoms with Crippen molar-refractivity contribution in [1.82, 2.24) is 0 Å². The van der Waals surface area contributed by atoms with E-state index in [0.717, 1.165) is 39.6 Å². The number of benzene rings is 5. The van der Waals surface area contributed by atoms with Crippen LogP contribution in [0.2, 0.25) is 0 Å². The van der Waals surface area contributed by atoms with Crippen LogP contribution in [0.3, 0.4) is 0 Å². The predicted molar refractivity (Wildman–Crippen MR) is 171 cm³/mol. The van der Waals surface area contributed by atoms with E-state index >= 15 is 0 Å². The molecule has 2 aliphatic rings. The van der Waals surface area contributed by atoms with Gasteiger partial charge in [0.2, 0.25) is 0 Å². The van der Waals surface area contributed by atoms with Gasteiger partial charge >= 0.3 is 0 Å². The van der Waals surface area contributed by atoms with Crippen molar-refractivity contribution in [2.45, 2.75) is 29.9 Å². The molecule has 0 saturated heterocycles. The molecule has 2 N–H and O–H groups in total. The molecule has 8 nitrogen and oxygen atoms in total. The van der Waals surface area contributed by atoms with E-state index in [9.17, 15) is 18.5 Å². The van der Waals surface area contributed by atoms with Crippen LogP contribution >= 0.6 is 0 Å². The maximum absolute atomic E-state index is 13.5. The predicted octanol–water partition coefficient (Wildman–Crippen LogP) is 7.95. The van der Waals surface area contributed by atoms with E-state index in [1.807, 2.05) is 54.6 Å². The minimum absolute atomic E-state index is 0.0440. The average Bonchev–Trinajstić information content (AvgIpc) is 3.54. The van der Waals surface area contributed by atoms with E-state index in [1.54, 1.807) is 30.3 Å². The highest BCUT2D eigenvalue weighted by Gasteiger charge is 2.38. The first-order chi connectivity index (χ1) is 21.4. The van der Waals surface area contributed by atoms with Crippen molar-refractivity contribution < 1.29 is 18.1 Å². The Balaban J connectivity index is 1.09. The van der Waals surface area contributed by atoms with Crippen molar-refractivity contribution in [3.05, 3.63) is 148 Å². The molecule has 9 heteroatoms. The molecule has 0 radical (unpaired) electrons. The zero-order valence-electron chi connectivity index (χ0n) is 23.6. The molecular formula is C35H29N3O5S. The second-order valence-electron chi connectivity index (χ2n) is 11.1. The van der Waals surface area contributed by atoms with Crippen molar-refractivity contribution in [1.29, 1.82) is 0 Å². The Morgan fingerprint density at radius 2 is 1.68 bits per heavy atom. The van der Waals surface area contributed by atoms with Crippen LogP contribution < -0.4 is 14.8 Å². The van der Waals surface area contributed by atoms with E-state index in [-0.39, 0.29) is 28.5 Å².